The van der Waals surface area contributed by atoms with Crippen LogP contribution in [0.4, 0.5) is 0 Å². The number of imidazole rings is 1. The summed E-state index contributed by atoms with van der Waals surface area (Å²) in [6.45, 7) is 0.744. The van der Waals surface area contributed by atoms with Gasteiger partial charge in [0.25, 0.3) is 0 Å². The van der Waals surface area contributed by atoms with E-state index in [-0.39, 0.29) is 6.04 Å². The van der Waals surface area contributed by atoms with Crippen molar-refractivity contribution in [1.82, 2.24) is 14.5 Å². The molecule has 0 aliphatic heterocycles. The number of benzene rings is 1. The van der Waals surface area contributed by atoms with E-state index in [1.165, 1.54) is 0 Å². The second-order valence-electron chi connectivity index (χ2n) is 4.48. The van der Waals surface area contributed by atoms with Gasteiger partial charge in [0.2, 0.25) is 0 Å². The van der Waals surface area contributed by atoms with Gasteiger partial charge in [0, 0.05) is 17.4 Å². The van der Waals surface area contributed by atoms with Gasteiger partial charge in [-0.2, -0.15) is 0 Å². The lowest BCUT2D eigenvalue weighted by Gasteiger charge is -2.18. The normalized spacial score (nSPS) is 12.9. The maximum Gasteiger partial charge on any atom is 0.131 e. The van der Waals surface area contributed by atoms with Crippen LogP contribution in [-0.4, -0.2) is 28.5 Å². The van der Waals surface area contributed by atoms with Gasteiger partial charge in [-0.15, -0.1) is 0 Å². The third kappa shape index (κ3) is 2.72. The zero-order valence-corrected chi connectivity index (χ0v) is 11.3. The summed E-state index contributed by atoms with van der Waals surface area (Å²) in [5.74, 6) is 0.816. The number of aromatic nitrogens is 2. The van der Waals surface area contributed by atoms with Crippen molar-refractivity contribution in [3.8, 4) is 0 Å². The second-order valence-corrected chi connectivity index (χ2v) is 4.88. The molecular formula is C13H17ClN4. The average Bonchev–Trinajstić information content (AvgIpc) is 2.76. The van der Waals surface area contributed by atoms with E-state index in [1.54, 1.807) is 6.20 Å². The Morgan fingerprint density at radius 1 is 1.39 bits per heavy atom. The van der Waals surface area contributed by atoms with E-state index < -0.39 is 0 Å². The van der Waals surface area contributed by atoms with Gasteiger partial charge in [-0.25, -0.2) is 4.98 Å². The van der Waals surface area contributed by atoms with Crippen LogP contribution in [0.15, 0.2) is 36.7 Å². The van der Waals surface area contributed by atoms with Crippen molar-refractivity contribution in [2.24, 2.45) is 5.73 Å². The summed E-state index contributed by atoms with van der Waals surface area (Å²) < 4.78 is 2.02. The lowest BCUT2D eigenvalue weighted by molar-refractivity contribution is 0.318. The predicted octanol–water partition coefficient (Wildman–Crippen LogP) is 2.10. The van der Waals surface area contributed by atoms with Gasteiger partial charge >= 0.3 is 0 Å². The number of hydrogen-bond acceptors (Lipinski definition) is 3. The van der Waals surface area contributed by atoms with Crippen LogP contribution in [0.25, 0.3) is 0 Å². The van der Waals surface area contributed by atoms with Crippen LogP contribution in [0.5, 0.6) is 0 Å². The van der Waals surface area contributed by atoms with Crippen LogP contribution < -0.4 is 5.73 Å². The molecule has 1 heterocycles. The minimum absolute atomic E-state index is 0.311. The molecule has 0 fully saturated rings. The maximum atomic E-state index is 6.25. The SMILES string of the molecule is CN(C)Cn1ccnc1C(N)c1ccccc1Cl. The molecule has 2 rings (SSSR count). The van der Waals surface area contributed by atoms with Gasteiger partial charge < -0.3 is 10.3 Å². The van der Waals surface area contributed by atoms with E-state index in [1.807, 2.05) is 49.1 Å². The highest BCUT2D eigenvalue weighted by atomic mass is 35.5. The minimum Gasteiger partial charge on any atom is -0.320 e. The van der Waals surface area contributed by atoms with Crippen LogP contribution in [0.1, 0.15) is 17.4 Å². The summed E-state index contributed by atoms with van der Waals surface area (Å²) in [7, 11) is 4.01. The number of nitrogens with two attached hydrogens (primary N) is 1. The molecule has 4 nitrogen and oxygen atoms in total. The predicted molar refractivity (Wildman–Crippen MR) is 73.4 cm³/mol. The molecule has 0 aliphatic carbocycles. The van der Waals surface area contributed by atoms with E-state index in [2.05, 4.69) is 9.88 Å². The summed E-state index contributed by atoms with van der Waals surface area (Å²) in [6.07, 6.45) is 3.68. The Bertz CT molecular complexity index is 521. The van der Waals surface area contributed by atoms with E-state index in [4.69, 9.17) is 17.3 Å². The highest BCUT2D eigenvalue weighted by molar-refractivity contribution is 6.31. The molecule has 0 saturated heterocycles. The largest absolute Gasteiger partial charge is 0.320 e. The molecule has 1 atom stereocenters. The van der Waals surface area contributed by atoms with E-state index >= 15 is 0 Å². The molecule has 0 amide bonds. The molecule has 2 N–H and O–H groups in total. The first-order valence-corrected chi connectivity index (χ1v) is 6.13. The summed E-state index contributed by atoms with van der Waals surface area (Å²) in [5, 5.41) is 0.671. The fraction of sp³-hybridized carbons (Fsp3) is 0.308. The highest BCUT2D eigenvalue weighted by Gasteiger charge is 2.17. The van der Waals surface area contributed by atoms with Crippen molar-refractivity contribution >= 4 is 11.6 Å². The van der Waals surface area contributed by atoms with Crippen molar-refractivity contribution in [2.75, 3.05) is 14.1 Å². The molecule has 0 saturated carbocycles. The van der Waals surface area contributed by atoms with Crippen molar-refractivity contribution in [3.05, 3.63) is 53.1 Å². The Morgan fingerprint density at radius 3 is 2.78 bits per heavy atom. The second kappa shape index (κ2) is 5.52. The van der Waals surface area contributed by atoms with Crippen molar-refractivity contribution < 1.29 is 0 Å². The molecule has 96 valence electrons. The fourth-order valence-corrected chi connectivity index (χ4v) is 2.14. The number of nitrogens with zero attached hydrogens (tertiary/aromatic N) is 3. The zero-order valence-electron chi connectivity index (χ0n) is 10.5. The summed E-state index contributed by atoms with van der Waals surface area (Å²) in [6, 6.07) is 7.29. The lowest BCUT2D eigenvalue weighted by atomic mass is 10.1. The van der Waals surface area contributed by atoms with Crippen LogP contribution in [0, 0.1) is 0 Å². The van der Waals surface area contributed by atoms with Crippen LogP contribution in [0.3, 0.4) is 0 Å². The van der Waals surface area contributed by atoms with Gasteiger partial charge in [-0.1, -0.05) is 29.8 Å². The third-order valence-electron chi connectivity index (χ3n) is 2.70. The molecule has 1 unspecified atom stereocenters. The van der Waals surface area contributed by atoms with E-state index in [0.29, 0.717) is 5.02 Å². The minimum atomic E-state index is -0.311. The molecule has 1 aromatic heterocycles. The Labute approximate surface area is 112 Å². The maximum absolute atomic E-state index is 6.25. The van der Waals surface area contributed by atoms with Gasteiger partial charge in [-0.05, 0) is 25.7 Å². The molecule has 0 spiro atoms. The van der Waals surface area contributed by atoms with Crippen molar-refractivity contribution in [2.45, 2.75) is 12.7 Å². The first-order valence-electron chi connectivity index (χ1n) is 5.75. The van der Waals surface area contributed by atoms with Gasteiger partial charge in [0.1, 0.15) is 5.82 Å². The molecule has 1 aromatic carbocycles. The molecule has 0 bridgehead atoms. The van der Waals surface area contributed by atoms with Crippen LogP contribution >= 0.6 is 11.6 Å². The number of halogens is 1. The monoisotopic (exact) mass is 264 g/mol. The summed E-state index contributed by atoms with van der Waals surface area (Å²) >= 11 is 6.17. The smallest absolute Gasteiger partial charge is 0.131 e. The standard InChI is InChI=1S/C13H17ClN4/c1-17(2)9-18-8-7-16-13(18)12(15)10-5-3-4-6-11(10)14/h3-8,12H,9,15H2,1-2H3. The van der Waals surface area contributed by atoms with Gasteiger partial charge in [-0.3, -0.25) is 4.90 Å². The van der Waals surface area contributed by atoms with Crippen LogP contribution in [-0.2, 0) is 6.67 Å². The number of rotatable bonds is 4. The van der Waals surface area contributed by atoms with E-state index in [0.717, 1.165) is 18.1 Å². The first-order chi connectivity index (χ1) is 8.59. The summed E-state index contributed by atoms with van der Waals surface area (Å²) in [4.78, 5) is 6.40. The van der Waals surface area contributed by atoms with Gasteiger partial charge in [0.05, 0.1) is 12.7 Å². The molecule has 0 radical (unpaired) electrons. The zero-order chi connectivity index (χ0) is 13.1. The first kappa shape index (κ1) is 13.1. The molecular weight excluding hydrogens is 248 g/mol. The molecule has 2 aromatic rings. The van der Waals surface area contributed by atoms with Crippen molar-refractivity contribution in [3.63, 3.8) is 0 Å². The molecule has 5 heteroatoms. The lowest BCUT2D eigenvalue weighted by Crippen LogP contribution is -2.23. The average molecular weight is 265 g/mol. The fourth-order valence-electron chi connectivity index (χ4n) is 1.89. The Balaban J connectivity index is 2.32. The highest BCUT2D eigenvalue weighted by Crippen LogP contribution is 2.25. The quantitative estimate of drug-likeness (QED) is 0.920. The topological polar surface area (TPSA) is 47.1 Å². The van der Waals surface area contributed by atoms with E-state index in [9.17, 15) is 0 Å². The number of hydrogen-bond donors (Lipinski definition) is 1. The van der Waals surface area contributed by atoms with Crippen LogP contribution in [0.2, 0.25) is 5.02 Å². The summed E-state index contributed by atoms with van der Waals surface area (Å²) in [5.41, 5.74) is 7.15. The Morgan fingerprint density at radius 2 is 2.11 bits per heavy atom. The van der Waals surface area contributed by atoms with Gasteiger partial charge in [0.15, 0.2) is 0 Å². The third-order valence-corrected chi connectivity index (χ3v) is 3.05. The molecule has 18 heavy (non-hydrogen) atoms. The Hall–Kier alpha value is -1.36. The molecule has 0 aliphatic rings. The Kier molecular flexibility index (Phi) is 4.01. The van der Waals surface area contributed by atoms with Crippen molar-refractivity contribution in [1.29, 1.82) is 0 Å².